The molecule has 1 heterocycles. The van der Waals surface area contributed by atoms with Gasteiger partial charge in [-0.2, -0.15) is 0 Å². The lowest BCUT2D eigenvalue weighted by atomic mass is 10.1. The molecular weight excluding hydrogens is 349 g/mol. The Balaban J connectivity index is 1.83. The van der Waals surface area contributed by atoms with E-state index >= 15 is 0 Å². The van der Waals surface area contributed by atoms with Crippen molar-refractivity contribution in [3.05, 3.63) is 57.2 Å². The molecule has 6 heteroatoms. The number of amides is 1. The van der Waals surface area contributed by atoms with Crippen LogP contribution in [-0.4, -0.2) is 10.2 Å². The monoisotopic (exact) mass is 359 g/mol. The molecule has 0 spiro atoms. The van der Waals surface area contributed by atoms with E-state index in [1.165, 1.54) is 0 Å². The minimum Gasteiger partial charge on any atom is -0.344 e. The van der Waals surface area contributed by atoms with E-state index in [4.69, 9.17) is 34.8 Å². The second-order valence-electron chi connectivity index (χ2n) is 5.03. The van der Waals surface area contributed by atoms with Crippen LogP contribution in [0.2, 0.25) is 5.02 Å². The predicted molar refractivity (Wildman–Crippen MR) is 88.3 cm³/mol. The van der Waals surface area contributed by atoms with Crippen LogP contribution in [0, 0.1) is 5.92 Å². The summed E-state index contributed by atoms with van der Waals surface area (Å²) in [4.78, 5) is 13.3. The van der Waals surface area contributed by atoms with Gasteiger partial charge in [0.2, 0.25) is 5.91 Å². The number of hydrogen-bond acceptors (Lipinski definition) is 2. The van der Waals surface area contributed by atoms with Crippen LogP contribution in [0.5, 0.6) is 0 Å². The zero-order valence-electron chi connectivity index (χ0n) is 10.9. The summed E-state index contributed by atoms with van der Waals surface area (Å²) in [6, 6.07) is 11.2. The predicted octanol–water partition coefficient (Wildman–Crippen LogP) is 4.80. The van der Waals surface area contributed by atoms with E-state index in [1.807, 2.05) is 41.8 Å². The van der Waals surface area contributed by atoms with Gasteiger partial charge < -0.3 is 5.32 Å². The molecule has 2 nitrogen and oxygen atoms in total. The number of halogens is 3. The van der Waals surface area contributed by atoms with E-state index in [0.29, 0.717) is 11.4 Å². The maximum Gasteiger partial charge on any atom is 0.227 e. The first-order valence-electron chi connectivity index (χ1n) is 6.44. The molecule has 0 aliphatic heterocycles. The van der Waals surface area contributed by atoms with Crippen LogP contribution in [0.15, 0.2) is 41.8 Å². The Bertz CT molecular complexity index is 639. The lowest BCUT2D eigenvalue weighted by Gasteiger charge is -2.18. The maximum absolute atomic E-state index is 12.3. The average molecular weight is 361 g/mol. The maximum atomic E-state index is 12.3. The van der Waals surface area contributed by atoms with Gasteiger partial charge in [0.15, 0.2) is 0 Å². The SMILES string of the molecule is O=C(N[C@H](c1ccc(Cl)cc1)c1cccs1)[C@@H]1CC1(Cl)Cl. The highest BCUT2D eigenvalue weighted by Gasteiger charge is 2.56. The number of carbonyl (C=O) groups is 1. The van der Waals surface area contributed by atoms with Crippen molar-refractivity contribution in [3.63, 3.8) is 0 Å². The van der Waals surface area contributed by atoms with Crippen LogP contribution in [0.1, 0.15) is 22.9 Å². The molecule has 3 rings (SSSR count). The quantitative estimate of drug-likeness (QED) is 0.780. The molecule has 0 bridgehead atoms. The first-order chi connectivity index (χ1) is 9.97. The number of carbonyl (C=O) groups excluding carboxylic acids is 1. The van der Waals surface area contributed by atoms with Gasteiger partial charge in [0, 0.05) is 9.90 Å². The molecule has 2 atom stereocenters. The van der Waals surface area contributed by atoms with E-state index in [9.17, 15) is 4.79 Å². The first-order valence-corrected chi connectivity index (χ1v) is 8.46. The van der Waals surface area contributed by atoms with Crippen LogP contribution in [-0.2, 0) is 4.79 Å². The van der Waals surface area contributed by atoms with Crippen molar-refractivity contribution in [3.8, 4) is 0 Å². The highest BCUT2D eigenvalue weighted by Crippen LogP contribution is 2.53. The number of hydrogen-bond donors (Lipinski definition) is 1. The summed E-state index contributed by atoms with van der Waals surface area (Å²) in [5.74, 6) is -0.455. The normalized spacial score (nSPS) is 20.8. The molecule has 1 aromatic heterocycles. The molecule has 110 valence electrons. The molecule has 1 aliphatic carbocycles. The number of rotatable bonds is 4. The third-order valence-corrected chi connectivity index (χ3v) is 5.48. The van der Waals surface area contributed by atoms with Crippen molar-refractivity contribution in [2.45, 2.75) is 16.8 Å². The minimum atomic E-state index is -0.913. The molecule has 0 saturated heterocycles. The molecule has 1 aromatic carbocycles. The molecule has 21 heavy (non-hydrogen) atoms. The van der Waals surface area contributed by atoms with Gasteiger partial charge in [-0.3, -0.25) is 4.79 Å². The molecule has 1 aliphatic rings. The summed E-state index contributed by atoms with van der Waals surface area (Å²) in [5.41, 5.74) is 0.977. The zero-order chi connectivity index (χ0) is 15.0. The Morgan fingerprint density at radius 1 is 1.29 bits per heavy atom. The second-order valence-corrected chi connectivity index (χ2v) is 7.98. The van der Waals surface area contributed by atoms with Crippen LogP contribution in [0.4, 0.5) is 0 Å². The number of nitrogens with one attached hydrogen (secondary N) is 1. The lowest BCUT2D eigenvalue weighted by Crippen LogP contribution is -2.31. The van der Waals surface area contributed by atoms with Gasteiger partial charge in [-0.05, 0) is 35.6 Å². The third-order valence-electron chi connectivity index (χ3n) is 3.46. The summed E-state index contributed by atoms with van der Waals surface area (Å²) in [6.45, 7) is 0. The number of benzene rings is 1. The molecule has 2 aromatic rings. The van der Waals surface area contributed by atoms with E-state index in [0.717, 1.165) is 10.4 Å². The molecule has 1 saturated carbocycles. The Morgan fingerprint density at radius 2 is 1.95 bits per heavy atom. The number of thiophene rings is 1. The minimum absolute atomic E-state index is 0.117. The van der Waals surface area contributed by atoms with Gasteiger partial charge >= 0.3 is 0 Å². The van der Waals surface area contributed by atoms with Crippen molar-refractivity contribution in [1.29, 1.82) is 0 Å². The topological polar surface area (TPSA) is 29.1 Å². The van der Waals surface area contributed by atoms with Crippen molar-refractivity contribution >= 4 is 52.0 Å². The molecular formula is C15H12Cl3NOS. The first kappa shape index (κ1) is 15.2. The van der Waals surface area contributed by atoms with E-state index in [2.05, 4.69) is 5.32 Å². The van der Waals surface area contributed by atoms with Gasteiger partial charge in [-0.1, -0.05) is 29.8 Å². The van der Waals surface area contributed by atoms with E-state index < -0.39 is 4.33 Å². The summed E-state index contributed by atoms with van der Waals surface area (Å²) in [6.07, 6.45) is 0.500. The van der Waals surface area contributed by atoms with Crippen LogP contribution in [0.25, 0.3) is 0 Å². The largest absolute Gasteiger partial charge is 0.344 e. The van der Waals surface area contributed by atoms with Crippen molar-refractivity contribution in [2.24, 2.45) is 5.92 Å². The van der Waals surface area contributed by atoms with E-state index in [-0.39, 0.29) is 17.9 Å². The standard InChI is InChI=1S/C15H12Cl3NOS/c16-10-5-3-9(4-6-10)13(12-2-1-7-21-12)19-14(20)11-8-15(11,17)18/h1-7,11,13H,8H2,(H,19,20)/t11-,13+/m0/s1. The highest BCUT2D eigenvalue weighted by molar-refractivity contribution is 7.10. The van der Waals surface area contributed by atoms with Gasteiger partial charge in [-0.15, -0.1) is 34.5 Å². The molecule has 1 amide bonds. The smallest absolute Gasteiger partial charge is 0.227 e. The number of alkyl halides is 2. The average Bonchev–Trinajstić information content (AvgIpc) is 2.88. The summed E-state index contributed by atoms with van der Waals surface area (Å²) in [5, 5.41) is 5.68. The molecule has 0 radical (unpaired) electrons. The van der Waals surface area contributed by atoms with Gasteiger partial charge in [0.25, 0.3) is 0 Å². The Hall–Kier alpha value is -0.740. The van der Waals surface area contributed by atoms with Gasteiger partial charge in [-0.25, -0.2) is 0 Å². The van der Waals surface area contributed by atoms with Crippen molar-refractivity contribution in [1.82, 2.24) is 5.32 Å². The van der Waals surface area contributed by atoms with E-state index in [1.54, 1.807) is 11.3 Å². The third kappa shape index (κ3) is 3.37. The Labute approximate surface area is 142 Å². The Kier molecular flexibility index (Phi) is 4.19. The molecule has 0 unspecified atom stereocenters. The van der Waals surface area contributed by atoms with Gasteiger partial charge in [0.05, 0.1) is 12.0 Å². The van der Waals surface area contributed by atoms with Crippen LogP contribution >= 0.6 is 46.1 Å². The molecule has 1 N–H and O–H groups in total. The Morgan fingerprint density at radius 3 is 2.48 bits per heavy atom. The van der Waals surface area contributed by atoms with Crippen LogP contribution in [0.3, 0.4) is 0 Å². The summed E-state index contributed by atoms with van der Waals surface area (Å²) in [7, 11) is 0. The van der Waals surface area contributed by atoms with Gasteiger partial charge in [0.1, 0.15) is 4.33 Å². The fourth-order valence-electron chi connectivity index (χ4n) is 2.17. The lowest BCUT2D eigenvalue weighted by molar-refractivity contribution is -0.122. The van der Waals surface area contributed by atoms with Crippen LogP contribution < -0.4 is 5.32 Å². The zero-order valence-corrected chi connectivity index (χ0v) is 13.9. The molecule has 1 fully saturated rings. The summed E-state index contributed by atoms with van der Waals surface area (Å²) < 4.78 is -0.913. The fourth-order valence-corrected chi connectivity index (χ4v) is 3.61. The fraction of sp³-hybridized carbons (Fsp3) is 0.267. The van der Waals surface area contributed by atoms with Crippen molar-refractivity contribution in [2.75, 3.05) is 0 Å². The van der Waals surface area contributed by atoms with Crippen molar-refractivity contribution < 1.29 is 4.79 Å². The second kappa shape index (κ2) is 5.81. The highest BCUT2D eigenvalue weighted by atomic mass is 35.5. The summed E-state index contributed by atoms with van der Waals surface area (Å²) >= 11 is 19.4.